The predicted octanol–water partition coefficient (Wildman–Crippen LogP) is 6.16. The van der Waals surface area contributed by atoms with E-state index in [0.29, 0.717) is 18.8 Å². The maximum atomic E-state index is 13.2. The molecule has 3 rings (SSSR count). The third-order valence-electron chi connectivity index (χ3n) is 5.33. The third-order valence-corrected chi connectivity index (χ3v) is 5.86. The first-order chi connectivity index (χ1) is 14.1. The summed E-state index contributed by atoms with van der Waals surface area (Å²) < 4.78 is 6.41. The van der Waals surface area contributed by atoms with Crippen molar-refractivity contribution in [2.45, 2.75) is 64.9 Å². The fourth-order valence-electron chi connectivity index (χ4n) is 3.67. The van der Waals surface area contributed by atoms with Crippen molar-refractivity contribution in [2.75, 3.05) is 5.32 Å². The zero-order chi connectivity index (χ0) is 21.9. The average Bonchev–Trinajstić information content (AvgIpc) is 3.48. The molecule has 0 bridgehead atoms. The molecule has 2 aromatic rings. The van der Waals surface area contributed by atoms with Crippen LogP contribution in [0.3, 0.4) is 0 Å². The first-order valence-corrected chi connectivity index (χ1v) is 11.3. The van der Waals surface area contributed by atoms with E-state index in [9.17, 15) is 9.59 Å². The van der Waals surface area contributed by atoms with Gasteiger partial charge in [-0.15, -0.1) is 0 Å². The number of ether oxygens (including phenoxy) is 1. The monoisotopic (exact) mass is 471 g/mol. The predicted molar refractivity (Wildman–Crippen MR) is 124 cm³/mol. The SMILES string of the molecule is Cc1c(CCC(=O)OC(C)(C)C)cccc1NC(=O)[C@@H](c1ccc(Br)cc1)C1CC1. The number of hydrogen-bond donors (Lipinski definition) is 1. The quantitative estimate of drug-likeness (QED) is 0.491. The van der Waals surface area contributed by atoms with E-state index in [1.54, 1.807) is 0 Å². The molecule has 0 radical (unpaired) electrons. The van der Waals surface area contributed by atoms with Crippen molar-refractivity contribution in [1.29, 1.82) is 0 Å². The van der Waals surface area contributed by atoms with Crippen molar-refractivity contribution >= 4 is 33.5 Å². The second-order valence-corrected chi connectivity index (χ2v) is 9.95. The van der Waals surface area contributed by atoms with Crippen molar-refractivity contribution < 1.29 is 14.3 Å². The maximum Gasteiger partial charge on any atom is 0.306 e. The van der Waals surface area contributed by atoms with Gasteiger partial charge in [-0.2, -0.15) is 0 Å². The van der Waals surface area contributed by atoms with Gasteiger partial charge in [0.15, 0.2) is 0 Å². The van der Waals surface area contributed by atoms with Crippen molar-refractivity contribution in [2.24, 2.45) is 5.92 Å². The Morgan fingerprint density at radius 1 is 1.13 bits per heavy atom. The summed E-state index contributed by atoms with van der Waals surface area (Å²) in [6.45, 7) is 7.60. The summed E-state index contributed by atoms with van der Waals surface area (Å²) in [6, 6.07) is 13.9. The van der Waals surface area contributed by atoms with Gasteiger partial charge in [-0.1, -0.05) is 40.2 Å². The summed E-state index contributed by atoms with van der Waals surface area (Å²) in [6.07, 6.45) is 3.08. The summed E-state index contributed by atoms with van der Waals surface area (Å²) in [7, 11) is 0. The highest BCUT2D eigenvalue weighted by atomic mass is 79.9. The molecule has 1 amide bonds. The molecule has 30 heavy (non-hydrogen) atoms. The molecule has 0 unspecified atom stereocenters. The molecule has 0 aromatic heterocycles. The van der Waals surface area contributed by atoms with E-state index in [0.717, 1.165) is 39.7 Å². The summed E-state index contributed by atoms with van der Waals surface area (Å²) in [5, 5.41) is 3.14. The van der Waals surface area contributed by atoms with Gasteiger partial charge >= 0.3 is 5.97 Å². The molecule has 1 fully saturated rings. The topological polar surface area (TPSA) is 55.4 Å². The van der Waals surface area contributed by atoms with Crippen LogP contribution >= 0.6 is 15.9 Å². The number of hydrogen-bond acceptors (Lipinski definition) is 3. The first-order valence-electron chi connectivity index (χ1n) is 10.5. The highest BCUT2D eigenvalue weighted by molar-refractivity contribution is 9.10. The minimum Gasteiger partial charge on any atom is -0.460 e. The Hall–Kier alpha value is -2.14. The Balaban J connectivity index is 1.70. The lowest BCUT2D eigenvalue weighted by molar-refractivity contribution is -0.154. The Bertz CT molecular complexity index is 911. The number of carbonyl (C=O) groups is 2. The van der Waals surface area contributed by atoms with Gasteiger partial charge < -0.3 is 10.1 Å². The van der Waals surface area contributed by atoms with Gasteiger partial charge in [0.05, 0.1) is 5.92 Å². The number of esters is 1. The van der Waals surface area contributed by atoms with Gasteiger partial charge in [-0.3, -0.25) is 9.59 Å². The minimum atomic E-state index is -0.479. The Kier molecular flexibility index (Phi) is 7.02. The molecule has 0 spiro atoms. The van der Waals surface area contributed by atoms with Crippen LogP contribution in [0, 0.1) is 12.8 Å². The molecule has 1 saturated carbocycles. The lowest BCUT2D eigenvalue weighted by atomic mass is 9.93. The van der Waals surface area contributed by atoms with Crippen LogP contribution in [-0.2, 0) is 20.7 Å². The molecule has 1 aliphatic rings. The molecular formula is C25H30BrNO3. The normalized spacial score (nSPS) is 14.8. The Morgan fingerprint density at radius 2 is 1.80 bits per heavy atom. The zero-order valence-corrected chi connectivity index (χ0v) is 19.7. The Labute approximate surface area is 187 Å². The number of anilines is 1. The van der Waals surface area contributed by atoms with Gasteiger partial charge in [0.2, 0.25) is 5.91 Å². The molecule has 4 nitrogen and oxygen atoms in total. The molecule has 0 heterocycles. The van der Waals surface area contributed by atoms with E-state index in [2.05, 4.69) is 21.2 Å². The molecule has 160 valence electrons. The molecule has 0 aliphatic heterocycles. The fourth-order valence-corrected chi connectivity index (χ4v) is 3.93. The van der Waals surface area contributed by atoms with E-state index in [4.69, 9.17) is 4.74 Å². The number of aryl methyl sites for hydroxylation is 1. The maximum absolute atomic E-state index is 13.2. The van der Waals surface area contributed by atoms with E-state index in [1.165, 1.54) is 0 Å². The van der Waals surface area contributed by atoms with E-state index in [-0.39, 0.29) is 17.8 Å². The highest BCUT2D eigenvalue weighted by Crippen LogP contribution is 2.43. The van der Waals surface area contributed by atoms with E-state index >= 15 is 0 Å². The largest absolute Gasteiger partial charge is 0.460 e. The molecule has 1 aliphatic carbocycles. The van der Waals surface area contributed by atoms with Gasteiger partial charge in [0.1, 0.15) is 5.60 Å². The van der Waals surface area contributed by atoms with Crippen LogP contribution in [0.25, 0.3) is 0 Å². The van der Waals surface area contributed by atoms with Crippen molar-refractivity contribution in [3.63, 3.8) is 0 Å². The number of carbonyl (C=O) groups excluding carboxylic acids is 2. The van der Waals surface area contributed by atoms with Gasteiger partial charge in [-0.05, 0) is 87.8 Å². The second-order valence-electron chi connectivity index (χ2n) is 9.03. The van der Waals surface area contributed by atoms with Crippen LogP contribution in [0.1, 0.15) is 62.6 Å². The number of amides is 1. The van der Waals surface area contributed by atoms with Gasteiger partial charge in [-0.25, -0.2) is 0 Å². The second kappa shape index (κ2) is 9.34. The van der Waals surface area contributed by atoms with Crippen LogP contribution in [0.4, 0.5) is 5.69 Å². The molecule has 2 aromatic carbocycles. The summed E-state index contributed by atoms with van der Waals surface area (Å²) in [4.78, 5) is 25.2. The minimum absolute atomic E-state index is 0.0345. The highest BCUT2D eigenvalue weighted by Gasteiger charge is 2.37. The molecule has 1 atom stereocenters. The average molecular weight is 472 g/mol. The molecule has 0 saturated heterocycles. The number of halogens is 1. The number of rotatable bonds is 7. The number of nitrogens with one attached hydrogen (secondary N) is 1. The summed E-state index contributed by atoms with van der Waals surface area (Å²) >= 11 is 3.46. The van der Waals surface area contributed by atoms with Crippen LogP contribution in [0.15, 0.2) is 46.9 Å². The summed E-state index contributed by atoms with van der Waals surface area (Å²) in [5.41, 5.74) is 3.43. The van der Waals surface area contributed by atoms with E-state index in [1.807, 2.05) is 70.2 Å². The van der Waals surface area contributed by atoms with Crippen LogP contribution in [0.5, 0.6) is 0 Å². The molecular weight excluding hydrogens is 442 g/mol. The first kappa shape index (κ1) is 22.5. The van der Waals surface area contributed by atoms with Crippen LogP contribution < -0.4 is 5.32 Å². The van der Waals surface area contributed by atoms with Crippen molar-refractivity contribution in [3.05, 3.63) is 63.6 Å². The fraction of sp³-hybridized carbons (Fsp3) is 0.440. The zero-order valence-electron chi connectivity index (χ0n) is 18.1. The lowest BCUT2D eigenvalue weighted by Gasteiger charge is -2.20. The molecule has 5 heteroatoms. The molecule has 1 N–H and O–H groups in total. The lowest BCUT2D eigenvalue weighted by Crippen LogP contribution is -2.24. The summed E-state index contributed by atoms with van der Waals surface area (Å²) in [5.74, 6) is 0.0948. The van der Waals surface area contributed by atoms with Gasteiger partial charge in [0, 0.05) is 16.6 Å². The smallest absolute Gasteiger partial charge is 0.306 e. The van der Waals surface area contributed by atoms with Gasteiger partial charge in [0.25, 0.3) is 0 Å². The Morgan fingerprint density at radius 3 is 2.40 bits per heavy atom. The standard InChI is InChI=1S/C25H30BrNO3/c1-16-17(12-15-22(28)30-25(2,3)4)6-5-7-21(16)27-24(29)23(18-8-9-18)19-10-13-20(26)14-11-19/h5-7,10-11,13-14,18,23H,8-9,12,15H2,1-4H3,(H,27,29)/t23-/m1/s1. The van der Waals surface area contributed by atoms with Crippen molar-refractivity contribution in [3.8, 4) is 0 Å². The van der Waals surface area contributed by atoms with E-state index < -0.39 is 5.60 Å². The number of benzene rings is 2. The van der Waals surface area contributed by atoms with Crippen molar-refractivity contribution in [1.82, 2.24) is 0 Å². The third kappa shape index (κ3) is 6.18. The van der Waals surface area contributed by atoms with Crippen LogP contribution in [-0.4, -0.2) is 17.5 Å². The van der Waals surface area contributed by atoms with Crippen LogP contribution in [0.2, 0.25) is 0 Å².